The van der Waals surface area contributed by atoms with E-state index in [-0.39, 0.29) is 16.1 Å². The van der Waals surface area contributed by atoms with Crippen molar-refractivity contribution in [3.8, 4) is 0 Å². The lowest BCUT2D eigenvalue weighted by atomic mass is 9.89. The van der Waals surface area contributed by atoms with E-state index in [0.717, 1.165) is 25.3 Å². The van der Waals surface area contributed by atoms with Crippen molar-refractivity contribution in [2.75, 3.05) is 19.8 Å². The average Bonchev–Trinajstić information content (AvgIpc) is 2.28. The zero-order valence-corrected chi connectivity index (χ0v) is 10.9. The van der Waals surface area contributed by atoms with Gasteiger partial charge in [-0.2, -0.15) is 0 Å². The third-order valence-electron chi connectivity index (χ3n) is 2.99. The minimum absolute atomic E-state index is 0.0471. The van der Waals surface area contributed by atoms with Crippen LogP contribution in [0.5, 0.6) is 0 Å². The van der Waals surface area contributed by atoms with E-state index in [0.29, 0.717) is 6.54 Å². The Kier molecular flexibility index (Phi) is 3.85. The maximum absolute atomic E-state index is 10.7. The Balaban J connectivity index is 1.93. The summed E-state index contributed by atoms with van der Waals surface area (Å²) >= 11 is 5.75. The summed E-state index contributed by atoms with van der Waals surface area (Å²) in [5.41, 5.74) is 1.00. The molecule has 0 aliphatic carbocycles. The van der Waals surface area contributed by atoms with Crippen molar-refractivity contribution < 1.29 is 9.66 Å². The number of ether oxygens (including phenoxy) is 1. The first kappa shape index (κ1) is 13.3. The molecular formula is C12H15ClN2O3. The molecule has 5 nitrogen and oxygen atoms in total. The summed E-state index contributed by atoms with van der Waals surface area (Å²) in [5, 5.41) is 14.2. The first-order chi connectivity index (χ1) is 8.50. The van der Waals surface area contributed by atoms with Crippen molar-refractivity contribution in [2.45, 2.75) is 13.5 Å². The van der Waals surface area contributed by atoms with Gasteiger partial charge in [-0.15, -0.1) is 0 Å². The molecule has 0 spiro atoms. The summed E-state index contributed by atoms with van der Waals surface area (Å²) in [5.74, 6) is 0. The maximum atomic E-state index is 10.7. The molecule has 1 aromatic carbocycles. The van der Waals surface area contributed by atoms with Crippen molar-refractivity contribution in [1.29, 1.82) is 0 Å². The maximum Gasteiger partial charge on any atom is 0.288 e. The van der Waals surface area contributed by atoms with E-state index in [1.54, 1.807) is 12.1 Å². The summed E-state index contributed by atoms with van der Waals surface area (Å²) in [6.07, 6.45) is 0. The molecule has 6 heteroatoms. The molecule has 0 atom stereocenters. The molecule has 0 unspecified atom stereocenters. The topological polar surface area (TPSA) is 64.4 Å². The number of benzene rings is 1. The highest BCUT2D eigenvalue weighted by atomic mass is 35.5. The van der Waals surface area contributed by atoms with Crippen LogP contribution in [0.15, 0.2) is 18.2 Å². The van der Waals surface area contributed by atoms with Crippen molar-refractivity contribution >= 4 is 17.3 Å². The molecular weight excluding hydrogens is 256 g/mol. The first-order valence-corrected chi connectivity index (χ1v) is 6.09. The lowest BCUT2D eigenvalue weighted by Gasteiger charge is -2.38. The van der Waals surface area contributed by atoms with Gasteiger partial charge in [0.1, 0.15) is 5.02 Å². The molecule has 0 aromatic heterocycles. The lowest BCUT2D eigenvalue weighted by Crippen LogP contribution is -2.47. The molecule has 18 heavy (non-hydrogen) atoms. The quantitative estimate of drug-likeness (QED) is 0.659. The van der Waals surface area contributed by atoms with E-state index < -0.39 is 4.92 Å². The van der Waals surface area contributed by atoms with Crippen LogP contribution < -0.4 is 5.32 Å². The SMILES string of the molecule is CC1(CNCc2ccc(Cl)c([N+](=O)[O-])c2)COC1. The number of nitro groups is 1. The molecule has 0 bridgehead atoms. The van der Waals surface area contributed by atoms with Crippen LogP contribution in [0, 0.1) is 15.5 Å². The Bertz CT molecular complexity index is 461. The van der Waals surface area contributed by atoms with Crippen molar-refractivity contribution in [2.24, 2.45) is 5.41 Å². The van der Waals surface area contributed by atoms with Crippen LogP contribution in [0.2, 0.25) is 5.02 Å². The van der Waals surface area contributed by atoms with E-state index >= 15 is 0 Å². The Morgan fingerprint density at radius 3 is 2.83 bits per heavy atom. The molecule has 1 aliphatic rings. The second-order valence-corrected chi connectivity index (χ2v) is 5.36. The van der Waals surface area contributed by atoms with Crippen LogP contribution in [0.4, 0.5) is 5.69 Å². The highest BCUT2D eigenvalue weighted by Gasteiger charge is 2.32. The van der Waals surface area contributed by atoms with Gasteiger partial charge < -0.3 is 10.1 Å². The van der Waals surface area contributed by atoms with Crippen molar-refractivity contribution in [3.05, 3.63) is 38.9 Å². The summed E-state index contributed by atoms with van der Waals surface area (Å²) in [6.45, 7) is 5.10. The summed E-state index contributed by atoms with van der Waals surface area (Å²) in [4.78, 5) is 10.3. The molecule has 0 amide bonds. The monoisotopic (exact) mass is 270 g/mol. The number of nitrogens with one attached hydrogen (secondary N) is 1. The Morgan fingerprint density at radius 1 is 1.56 bits per heavy atom. The second-order valence-electron chi connectivity index (χ2n) is 4.95. The molecule has 1 aliphatic heterocycles. The van der Waals surface area contributed by atoms with Crippen LogP contribution in [0.1, 0.15) is 12.5 Å². The summed E-state index contributed by atoms with van der Waals surface area (Å²) in [7, 11) is 0. The average molecular weight is 271 g/mol. The fourth-order valence-electron chi connectivity index (χ4n) is 1.87. The van der Waals surface area contributed by atoms with Crippen molar-refractivity contribution in [3.63, 3.8) is 0 Å². The van der Waals surface area contributed by atoms with E-state index in [1.165, 1.54) is 6.07 Å². The highest BCUT2D eigenvalue weighted by Crippen LogP contribution is 2.26. The number of nitro benzene ring substituents is 1. The van der Waals surface area contributed by atoms with Crippen LogP contribution in [0.25, 0.3) is 0 Å². The Labute approximate surface area is 110 Å². The molecule has 1 N–H and O–H groups in total. The van der Waals surface area contributed by atoms with Crippen LogP contribution >= 0.6 is 11.6 Å². The van der Waals surface area contributed by atoms with Crippen LogP contribution in [-0.2, 0) is 11.3 Å². The number of hydrogen-bond acceptors (Lipinski definition) is 4. The fraction of sp³-hybridized carbons (Fsp3) is 0.500. The first-order valence-electron chi connectivity index (χ1n) is 5.71. The smallest absolute Gasteiger partial charge is 0.288 e. The molecule has 1 heterocycles. The van der Waals surface area contributed by atoms with Gasteiger partial charge in [-0.3, -0.25) is 10.1 Å². The minimum atomic E-state index is -0.465. The molecule has 98 valence electrons. The van der Waals surface area contributed by atoms with Gasteiger partial charge in [-0.1, -0.05) is 24.6 Å². The largest absolute Gasteiger partial charge is 0.380 e. The highest BCUT2D eigenvalue weighted by molar-refractivity contribution is 6.32. The van der Waals surface area contributed by atoms with Gasteiger partial charge >= 0.3 is 0 Å². The zero-order valence-electron chi connectivity index (χ0n) is 10.1. The van der Waals surface area contributed by atoms with E-state index in [9.17, 15) is 10.1 Å². The molecule has 1 fully saturated rings. The van der Waals surface area contributed by atoms with E-state index in [1.807, 2.05) is 0 Å². The fourth-order valence-corrected chi connectivity index (χ4v) is 2.06. The molecule has 2 rings (SSSR count). The molecule has 1 aromatic rings. The number of rotatable bonds is 5. The normalized spacial score (nSPS) is 17.2. The predicted octanol–water partition coefficient (Wildman–Crippen LogP) is 2.37. The third-order valence-corrected chi connectivity index (χ3v) is 3.31. The van der Waals surface area contributed by atoms with Gasteiger partial charge in [0.2, 0.25) is 0 Å². The lowest BCUT2D eigenvalue weighted by molar-refractivity contribution is -0.384. The van der Waals surface area contributed by atoms with Gasteiger partial charge in [-0.05, 0) is 11.6 Å². The van der Waals surface area contributed by atoms with Gasteiger partial charge in [0.15, 0.2) is 0 Å². The number of halogens is 1. The van der Waals surface area contributed by atoms with Gasteiger partial charge in [0.25, 0.3) is 5.69 Å². The minimum Gasteiger partial charge on any atom is -0.380 e. The van der Waals surface area contributed by atoms with E-state index in [4.69, 9.17) is 16.3 Å². The molecule has 0 saturated carbocycles. The Hall–Kier alpha value is -1.17. The Morgan fingerprint density at radius 2 is 2.28 bits per heavy atom. The summed E-state index contributed by atoms with van der Waals surface area (Å²) < 4.78 is 5.16. The predicted molar refractivity (Wildman–Crippen MR) is 68.7 cm³/mol. The molecule has 0 radical (unpaired) electrons. The van der Waals surface area contributed by atoms with E-state index in [2.05, 4.69) is 12.2 Å². The second kappa shape index (κ2) is 5.22. The zero-order chi connectivity index (χ0) is 13.2. The summed E-state index contributed by atoms with van der Waals surface area (Å²) in [6, 6.07) is 4.86. The van der Waals surface area contributed by atoms with Crippen molar-refractivity contribution in [1.82, 2.24) is 5.32 Å². The number of hydrogen-bond donors (Lipinski definition) is 1. The molecule has 1 saturated heterocycles. The van der Waals surface area contributed by atoms with Gasteiger partial charge in [0, 0.05) is 24.6 Å². The van der Waals surface area contributed by atoms with Crippen LogP contribution in [-0.4, -0.2) is 24.7 Å². The third kappa shape index (κ3) is 2.98. The number of nitrogens with zero attached hydrogens (tertiary/aromatic N) is 1. The standard InChI is InChI=1S/C12H15ClN2O3/c1-12(7-18-8-12)6-14-5-9-2-3-10(13)11(4-9)15(16)17/h2-4,14H,5-8H2,1H3. The van der Waals surface area contributed by atoms with Gasteiger partial charge in [0.05, 0.1) is 18.1 Å². The van der Waals surface area contributed by atoms with Crippen LogP contribution in [0.3, 0.4) is 0 Å². The van der Waals surface area contributed by atoms with Gasteiger partial charge in [-0.25, -0.2) is 0 Å².